The number of aromatic amines is 1. The molecule has 0 atom stereocenters. The van der Waals surface area contributed by atoms with Gasteiger partial charge in [0.05, 0.1) is 11.2 Å². The molecule has 0 aliphatic carbocycles. The van der Waals surface area contributed by atoms with E-state index >= 15 is 0 Å². The molecule has 0 fully saturated rings. The standard InChI is InChI=1S/C6H10N4O2S2/c7-5(13)1-4-9-14(11,12)6-2-3-8-10-6/h2-3,9H,1,4H2,(H2,7,13)(H,8,10). The van der Waals surface area contributed by atoms with E-state index in [1.807, 2.05) is 0 Å². The van der Waals surface area contributed by atoms with Crippen LogP contribution in [0.3, 0.4) is 0 Å². The molecular formula is C6H10N4O2S2. The average molecular weight is 234 g/mol. The number of aromatic nitrogens is 2. The highest BCUT2D eigenvalue weighted by molar-refractivity contribution is 7.89. The van der Waals surface area contributed by atoms with Crippen LogP contribution in [0.15, 0.2) is 17.3 Å². The van der Waals surface area contributed by atoms with E-state index in [0.29, 0.717) is 6.42 Å². The topological polar surface area (TPSA) is 101 Å². The van der Waals surface area contributed by atoms with Crippen molar-refractivity contribution in [3.63, 3.8) is 0 Å². The Balaban J connectivity index is 2.56. The van der Waals surface area contributed by atoms with Crippen LogP contribution in [0.25, 0.3) is 0 Å². The number of H-pyrrole nitrogens is 1. The van der Waals surface area contributed by atoms with Gasteiger partial charge in [0.1, 0.15) is 0 Å². The number of nitrogens with one attached hydrogen (secondary N) is 2. The quantitative estimate of drug-likeness (QED) is 0.589. The lowest BCUT2D eigenvalue weighted by molar-refractivity contribution is 0.578. The molecule has 0 aliphatic rings. The molecule has 1 aromatic heterocycles. The number of nitrogens with two attached hydrogens (primary N) is 1. The zero-order valence-electron chi connectivity index (χ0n) is 7.23. The smallest absolute Gasteiger partial charge is 0.257 e. The van der Waals surface area contributed by atoms with E-state index in [1.54, 1.807) is 0 Å². The highest BCUT2D eigenvalue weighted by Crippen LogP contribution is 2.01. The molecule has 0 aromatic carbocycles. The van der Waals surface area contributed by atoms with Crippen molar-refractivity contribution in [3.05, 3.63) is 12.3 Å². The number of hydrogen-bond donors (Lipinski definition) is 3. The summed E-state index contributed by atoms with van der Waals surface area (Å²) in [6.07, 6.45) is 1.70. The van der Waals surface area contributed by atoms with E-state index in [-0.39, 0.29) is 16.6 Å². The lowest BCUT2D eigenvalue weighted by Gasteiger charge is -2.02. The highest BCUT2D eigenvalue weighted by atomic mass is 32.2. The second-order valence-corrected chi connectivity index (χ2v) is 4.79. The summed E-state index contributed by atoms with van der Waals surface area (Å²) in [5.41, 5.74) is 5.22. The molecule has 1 heterocycles. The lowest BCUT2D eigenvalue weighted by Crippen LogP contribution is -2.27. The fraction of sp³-hybridized carbons (Fsp3) is 0.333. The Hall–Kier alpha value is -0.990. The van der Waals surface area contributed by atoms with Gasteiger partial charge in [-0.25, -0.2) is 13.1 Å². The highest BCUT2D eigenvalue weighted by Gasteiger charge is 2.13. The van der Waals surface area contributed by atoms with Crippen LogP contribution in [-0.4, -0.2) is 30.1 Å². The number of thiocarbonyl (C=S) groups is 1. The summed E-state index contributed by atoms with van der Waals surface area (Å²) < 4.78 is 25.1. The minimum absolute atomic E-state index is 0.0282. The molecule has 78 valence electrons. The van der Waals surface area contributed by atoms with E-state index in [0.717, 1.165) is 0 Å². The fourth-order valence-electron chi connectivity index (χ4n) is 0.779. The maximum absolute atomic E-state index is 11.4. The molecule has 8 heteroatoms. The lowest BCUT2D eigenvalue weighted by atomic mass is 10.4. The van der Waals surface area contributed by atoms with Gasteiger partial charge in [0.15, 0.2) is 5.03 Å². The minimum atomic E-state index is -3.50. The van der Waals surface area contributed by atoms with Crippen molar-refractivity contribution in [2.24, 2.45) is 5.73 Å². The van der Waals surface area contributed by atoms with E-state index in [9.17, 15) is 8.42 Å². The van der Waals surface area contributed by atoms with Gasteiger partial charge in [-0.3, -0.25) is 5.10 Å². The summed E-state index contributed by atoms with van der Waals surface area (Å²) in [4.78, 5) is 0.275. The van der Waals surface area contributed by atoms with E-state index in [2.05, 4.69) is 27.1 Å². The van der Waals surface area contributed by atoms with Crippen LogP contribution in [0.4, 0.5) is 0 Å². The number of nitrogens with zero attached hydrogens (tertiary/aromatic N) is 1. The van der Waals surface area contributed by atoms with Gasteiger partial charge >= 0.3 is 0 Å². The molecule has 0 bridgehead atoms. The van der Waals surface area contributed by atoms with Crippen molar-refractivity contribution in [1.82, 2.24) is 14.9 Å². The Morgan fingerprint density at radius 2 is 2.43 bits per heavy atom. The molecule has 0 saturated heterocycles. The van der Waals surface area contributed by atoms with Crippen LogP contribution in [0.2, 0.25) is 0 Å². The molecule has 4 N–H and O–H groups in total. The Morgan fingerprint density at radius 1 is 1.71 bits per heavy atom. The van der Waals surface area contributed by atoms with Crippen LogP contribution < -0.4 is 10.5 Å². The second kappa shape index (κ2) is 4.49. The van der Waals surface area contributed by atoms with E-state index in [4.69, 9.17) is 5.73 Å². The largest absolute Gasteiger partial charge is 0.393 e. The molecule has 0 radical (unpaired) electrons. The van der Waals surface area contributed by atoms with Crippen LogP contribution in [0.1, 0.15) is 6.42 Å². The average Bonchev–Trinajstić information content (AvgIpc) is 2.54. The van der Waals surface area contributed by atoms with Crippen LogP contribution in [0, 0.1) is 0 Å². The van der Waals surface area contributed by atoms with E-state index in [1.165, 1.54) is 12.3 Å². The summed E-state index contributed by atoms with van der Waals surface area (Å²) in [7, 11) is -3.50. The predicted molar refractivity (Wildman–Crippen MR) is 55.2 cm³/mol. The van der Waals surface area contributed by atoms with Crippen molar-refractivity contribution in [2.45, 2.75) is 11.4 Å². The number of hydrogen-bond acceptors (Lipinski definition) is 4. The summed E-state index contributed by atoms with van der Waals surface area (Å²) >= 11 is 4.61. The molecule has 0 saturated carbocycles. The normalized spacial score (nSPS) is 11.4. The summed E-state index contributed by atoms with van der Waals surface area (Å²) in [6.45, 7) is 0.191. The summed E-state index contributed by atoms with van der Waals surface area (Å²) in [5.74, 6) is 0. The number of sulfonamides is 1. The zero-order chi connectivity index (χ0) is 10.6. The molecule has 1 rings (SSSR count). The maximum Gasteiger partial charge on any atom is 0.257 e. The second-order valence-electron chi connectivity index (χ2n) is 2.53. The van der Waals surface area contributed by atoms with Crippen molar-refractivity contribution >= 4 is 27.2 Å². The zero-order valence-corrected chi connectivity index (χ0v) is 8.86. The van der Waals surface area contributed by atoms with Crippen molar-refractivity contribution < 1.29 is 8.42 Å². The molecule has 6 nitrogen and oxygen atoms in total. The Labute approximate surface area is 86.9 Å². The van der Waals surface area contributed by atoms with Gasteiger partial charge in [0.2, 0.25) is 0 Å². The van der Waals surface area contributed by atoms with Crippen LogP contribution in [-0.2, 0) is 10.0 Å². The molecule has 1 aromatic rings. The third kappa shape index (κ3) is 3.05. The first-order chi connectivity index (χ1) is 6.52. The molecule has 0 amide bonds. The third-order valence-corrected chi connectivity index (χ3v) is 3.02. The summed E-state index contributed by atoms with van der Waals surface area (Å²) in [5, 5.41) is 5.92. The van der Waals surface area contributed by atoms with Gasteiger partial charge in [-0.2, -0.15) is 5.10 Å². The Morgan fingerprint density at radius 3 is 2.93 bits per heavy atom. The molecule has 0 spiro atoms. The molecule has 0 aliphatic heterocycles. The van der Waals surface area contributed by atoms with E-state index < -0.39 is 10.0 Å². The minimum Gasteiger partial charge on any atom is -0.393 e. The third-order valence-electron chi connectivity index (χ3n) is 1.43. The van der Waals surface area contributed by atoms with Crippen molar-refractivity contribution in [3.8, 4) is 0 Å². The Bertz CT molecular complexity index is 397. The number of rotatable bonds is 5. The fourth-order valence-corrected chi connectivity index (χ4v) is 1.82. The summed E-state index contributed by atoms with van der Waals surface area (Å²) in [6, 6.07) is 1.36. The molecule has 14 heavy (non-hydrogen) atoms. The van der Waals surface area contributed by atoms with Gasteiger partial charge in [-0.1, -0.05) is 12.2 Å². The van der Waals surface area contributed by atoms with Gasteiger partial charge < -0.3 is 5.73 Å². The first-order valence-corrected chi connectivity index (χ1v) is 5.69. The van der Waals surface area contributed by atoms with Crippen molar-refractivity contribution in [2.75, 3.05) is 6.54 Å². The first-order valence-electron chi connectivity index (χ1n) is 3.80. The maximum atomic E-state index is 11.4. The molecular weight excluding hydrogens is 224 g/mol. The van der Waals surface area contributed by atoms with Gasteiger partial charge in [-0.05, 0) is 6.07 Å². The van der Waals surface area contributed by atoms with Gasteiger partial charge in [-0.15, -0.1) is 0 Å². The van der Waals surface area contributed by atoms with Gasteiger partial charge in [0, 0.05) is 13.0 Å². The monoisotopic (exact) mass is 234 g/mol. The van der Waals surface area contributed by atoms with Gasteiger partial charge in [0.25, 0.3) is 10.0 Å². The Kier molecular flexibility index (Phi) is 3.55. The molecule has 0 unspecified atom stereocenters. The van der Waals surface area contributed by atoms with Crippen LogP contribution in [0.5, 0.6) is 0 Å². The first kappa shape index (κ1) is 11.1. The predicted octanol–water partition coefficient (Wildman–Crippen LogP) is -0.636. The van der Waals surface area contributed by atoms with Crippen molar-refractivity contribution in [1.29, 1.82) is 0 Å². The SMILES string of the molecule is NC(=S)CCNS(=O)(=O)c1ccn[nH]1. The van der Waals surface area contributed by atoms with Crippen LogP contribution >= 0.6 is 12.2 Å².